The molecule has 2 N–H and O–H groups in total. The minimum Gasteiger partial charge on any atom is -0.459 e. The van der Waals surface area contributed by atoms with E-state index in [1.165, 1.54) is 0 Å². The van der Waals surface area contributed by atoms with Crippen LogP contribution in [0, 0.1) is 0 Å². The Kier molecular flexibility index (Phi) is 6.48. The number of carbonyl (C=O) groups is 2. The summed E-state index contributed by atoms with van der Waals surface area (Å²) in [7, 11) is 0. The first-order valence-electron chi connectivity index (χ1n) is 10.1. The molecule has 0 bridgehead atoms. The molecule has 10 nitrogen and oxygen atoms in total. The fourth-order valence-corrected chi connectivity index (χ4v) is 3.44. The molecule has 1 fully saturated rings. The van der Waals surface area contributed by atoms with E-state index in [1.807, 2.05) is 0 Å². The van der Waals surface area contributed by atoms with Crippen molar-refractivity contribution >= 4 is 11.9 Å². The van der Waals surface area contributed by atoms with Crippen LogP contribution < -0.4 is 11.2 Å². The molecule has 1 saturated heterocycles. The highest BCUT2D eigenvalue weighted by atomic mass is 16.6. The molecular weight excluding hydrogens is 432 g/mol. The van der Waals surface area contributed by atoms with E-state index in [4.69, 9.17) is 14.2 Å². The Morgan fingerprint density at radius 2 is 1.55 bits per heavy atom. The molecule has 1 aromatic heterocycles. The van der Waals surface area contributed by atoms with Crippen molar-refractivity contribution < 1.29 is 28.9 Å². The number of hydrogen-bond acceptors (Lipinski definition) is 8. The Morgan fingerprint density at radius 1 is 0.939 bits per heavy atom. The number of nitrogens with one attached hydrogen (secondary N) is 1. The molecule has 33 heavy (non-hydrogen) atoms. The van der Waals surface area contributed by atoms with Gasteiger partial charge in [-0.3, -0.25) is 14.3 Å². The SMILES string of the molecule is O=C(OC[C@H]1O[C@@H](n2ccc(=O)[nH]c2=O)[C@@H](O)[C@H]1OC(=O)c1ccccc1)c1ccccc1. The van der Waals surface area contributed by atoms with Gasteiger partial charge >= 0.3 is 17.6 Å². The number of hydrogen-bond donors (Lipinski definition) is 2. The van der Waals surface area contributed by atoms with Crippen LogP contribution in [0.1, 0.15) is 26.9 Å². The van der Waals surface area contributed by atoms with Crippen LogP contribution >= 0.6 is 0 Å². The van der Waals surface area contributed by atoms with Crippen molar-refractivity contribution in [3.8, 4) is 0 Å². The van der Waals surface area contributed by atoms with Crippen LogP contribution in [0.25, 0.3) is 0 Å². The molecule has 0 aliphatic carbocycles. The van der Waals surface area contributed by atoms with E-state index in [2.05, 4.69) is 4.98 Å². The van der Waals surface area contributed by atoms with Gasteiger partial charge in [0.25, 0.3) is 5.56 Å². The highest BCUT2D eigenvalue weighted by molar-refractivity contribution is 5.90. The minimum absolute atomic E-state index is 0.245. The van der Waals surface area contributed by atoms with Crippen LogP contribution in [0.3, 0.4) is 0 Å². The van der Waals surface area contributed by atoms with Crippen LogP contribution in [0.2, 0.25) is 0 Å². The third-order valence-corrected chi connectivity index (χ3v) is 5.08. The molecule has 0 radical (unpaired) electrons. The topological polar surface area (TPSA) is 137 Å². The summed E-state index contributed by atoms with van der Waals surface area (Å²) in [6, 6.07) is 17.5. The number of nitrogens with zero attached hydrogens (tertiary/aromatic N) is 1. The maximum atomic E-state index is 12.6. The molecular formula is C23H20N2O8. The molecule has 4 atom stereocenters. The largest absolute Gasteiger partial charge is 0.459 e. The highest BCUT2D eigenvalue weighted by Crippen LogP contribution is 2.31. The zero-order chi connectivity index (χ0) is 23.4. The lowest BCUT2D eigenvalue weighted by Gasteiger charge is -2.20. The fraction of sp³-hybridized carbons (Fsp3) is 0.217. The summed E-state index contributed by atoms with van der Waals surface area (Å²) in [6.45, 7) is -0.355. The van der Waals surface area contributed by atoms with Crippen LogP contribution in [0.15, 0.2) is 82.5 Å². The van der Waals surface area contributed by atoms with Gasteiger partial charge in [-0.2, -0.15) is 0 Å². The quantitative estimate of drug-likeness (QED) is 0.526. The van der Waals surface area contributed by atoms with E-state index in [0.717, 1.165) is 16.8 Å². The predicted molar refractivity (Wildman–Crippen MR) is 114 cm³/mol. The number of carbonyl (C=O) groups excluding carboxylic acids is 2. The monoisotopic (exact) mass is 452 g/mol. The van der Waals surface area contributed by atoms with Crippen molar-refractivity contribution in [1.29, 1.82) is 0 Å². The molecule has 0 saturated carbocycles. The second kappa shape index (κ2) is 9.63. The van der Waals surface area contributed by atoms with Gasteiger partial charge in [0, 0.05) is 12.3 Å². The molecule has 1 aliphatic heterocycles. The number of aliphatic hydroxyl groups is 1. The van der Waals surface area contributed by atoms with Crippen molar-refractivity contribution in [2.45, 2.75) is 24.5 Å². The molecule has 4 rings (SSSR count). The smallest absolute Gasteiger partial charge is 0.338 e. The van der Waals surface area contributed by atoms with Gasteiger partial charge in [-0.05, 0) is 24.3 Å². The Labute approximate surface area is 187 Å². The average molecular weight is 452 g/mol. The Morgan fingerprint density at radius 3 is 2.15 bits per heavy atom. The van der Waals surface area contributed by atoms with Crippen LogP contribution in [-0.4, -0.2) is 51.5 Å². The van der Waals surface area contributed by atoms with Crippen molar-refractivity contribution in [1.82, 2.24) is 9.55 Å². The molecule has 0 spiro atoms. The lowest BCUT2D eigenvalue weighted by atomic mass is 10.1. The number of ether oxygens (including phenoxy) is 3. The van der Waals surface area contributed by atoms with Gasteiger partial charge in [-0.25, -0.2) is 14.4 Å². The number of aliphatic hydroxyl groups excluding tert-OH is 1. The van der Waals surface area contributed by atoms with Crippen molar-refractivity contribution in [2.75, 3.05) is 6.61 Å². The van der Waals surface area contributed by atoms with E-state index < -0.39 is 47.7 Å². The van der Waals surface area contributed by atoms with Gasteiger partial charge in [0.2, 0.25) is 0 Å². The molecule has 170 valence electrons. The Balaban J connectivity index is 1.56. The molecule has 2 aromatic carbocycles. The number of rotatable bonds is 6. The lowest BCUT2D eigenvalue weighted by Crippen LogP contribution is -2.40. The summed E-state index contributed by atoms with van der Waals surface area (Å²) in [5.74, 6) is -1.36. The van der Waals surface area contributed by atoms with Crippen LogP contribution in [0.5, 0.6) is 0 Å². The zero-order valence-corrected chi connectivity index (χ0v) is 17.2. The first-order chi connectivity index (χ1) is 15.9. The second-order valence-corrected chi connectivity index (χ2v) is 7.27. The summed E-state index contributed by atoms with van der Waals surface area (Å²) in [6.07, 6.45) is -3.96. The molecule has 2 heterocycles. The normalized spacial score (nSPS) is 22.0. The number of esters is 2. The maximum absolute atomic E-state index is 12.6. The summed E-state index contributed by atoms with van der Waals surface area (Å²) in [5.41, 5.74) is -0.887. The molecule has 3 aromatic rings. The summed E-state index contributed by atoms with van der Waals surface area (Å²) in [4.78, 5) is 50.6. The molecule has 0 unspecified atom stereocenters. The van der Waals surface area contributed by atoms with Crippen LogP contribution in [-0.2, 0) is 14.2 Å². The standard InChI is InChI=1S/C23H20N2O8/c26-17-11-12-25(23(30)24-17)20-18(27)19(33-22(29)15-9-5-2-6-10-15)16(32-20)13-31-21(28)14-7-3-1-4-8-14/h1-12,16,18-20,27H,13H2,(H,24,26,30)/t16-,18+,19+,20-/m1/s1. The minimum atomic E-state index is -1.48. The highest BCUT2D eigenvalue weighted by Gasteiger charge is 2.48. The number of benzene rings is 2. The molecule has 10 heteroatoms. The molecule has 0 amide bonds. The zero-order valence-electron chi connectivity index (χ0n) is 17.2. The van der Waals surface area contributed by atoms with E-state index in [1.54, 1.807) is 60.7 Å². The van der Waals surface area contributed by atoms with E-state index >= 15 is 0 Å². The van der Waals surface area contributed by atoms with Crippen molar-refractivity contribution in [2.24, 2.45) is 0 Å². The van der Waals surface area contributed by atoms with Crippen molar-refractivity contribution in [3.05, 3.63) is 105 Å². The number of H-pyrrole nitrogens is 1. The number of aromatic amines is 1. The van der Waals surface area contributed by atoms with E-state index in [9.17, 15) is 24.3 Å². The Hall–Kier alpha value is -4.02. The summed E-state index contributed by atoms with van der Waals surface area (Å²) < 4.78 is 17.5. The van der Waals surface area contributed by atoms with Gasteiger partial charge in [0.05, 0.1) is 11.1 Å². The Bertz CT molecular complexity index is 1240. The van der Waals surface area contributed by atoms with Gasteiger partial charge in [-0.1, -0.05) is 36.4 Å². The van der Waals surface area contributed by atoms with Gasteiger partial charge in [0.15, 0.2) is 12.3 Å². The predicted octanol–water partition coefficient (Wildman–Crippen LogP) is 0.878. The third kappa shape index (κ3) is 4.92. The van der Waals surface area contributed by atoms with Crippen molar-refractivity contribution in [3.63, 3.8) is 0 Å². The first kappa shape index (κ1) is 22.2. The second-order valence-electron chi connectivity index (χ2n) is 7.27. The third-order valence-electron chi connectivity index (χ3n) is 5.08. The fourth-order valence-electron chi connectivity index (χ4n) is 3.44. The van der Waals surface area contributed by atoms with Gasteiger partial charge < -0.3 is 19.3 Å². The molecule has 1 aliphatic rings. The summed E-state index contributed by atoms with van der Waals surface area (Å²) >= 11 is 0. The average Bonchev–Trinajstić information content (AvgIpc) is 3.13. The van der Waals surface area contributed by atoms with E-state index in [0.29, 0.717) is 5.56 Å². The summed E-state index contributed by atoms with van der Waals surface area (Å²) in [5, 5.41) is 10.8. The van der Waals surface area contributed by atoms with Crippen LogP contribution in [0.4, 0.5) is 0 Å². The lowest BCUT2D eigenvalue weighted by molar-refractivity contribution is -0.0614. The number of aromatic nitrogens is 2. The van der Waals surface area contributed by atoms with E-state index in [-0.39, 0.29) is 12.2 Å². The van der Waals surface area contributed by atoms with Gasteiger partial charge in [0.1, 0.15) is 18.8 Å². The maximum Gasteiger partial charge on any atom is 0.338 e. The van der Waals surface area contributed by atoms with Gasteiger partial charge in [-0.15, -0.1) is 0 Å². The first-order valence-corrected chi connectivity index (χ1v) is 10.1.